The van der Waals surface area contributed by atoms with Crippen LogP contribution in [0.3, 0.4) is 0 Å². The number of para-hydroxylation sites is 1. The standard InChI is InChI=1S/C34H36F4N4O4/c1-3-46-26-13-11-24(12-14-26)42-32(39-30-9-5-4-8-27(30)33(42)45)22(2)41(18-17-40-16-6-7-25(40)21-43)31(44)20-23-10-15-29(35)28(19-23)34(36,37)38/h4-5,8-15,19,22,25,43H,3,6-7,16-18,20-21H2,1-2H3/t22-,25?/m1/s1. The first-order valence-electron chi connectivity index (χ1n) is 15.3. The third-order valence-electron chi connectivity index (χ3n) is 8.40. The lowest BCUT2D eigenvalue weighted by atomic mass is 10.1. The van der Waals surface area contributed by atoms with Crippen molar-refractivity contribution >= 4 is 16.8 Å². The van der Waals surface area contributed by atoms with Gasteiger partial charge in [-0.25, -0.2) is 9.37 Å². The Morgan fingerprint density at radius 3 is 2.57 bits per heavy atom. The fourth-order valence-corrected chi connectivity index (χ4v) is 6.02. The molecular formula is C34H36F4N4O4. The Morgan fingerprint density at radius 1 is 1.13 bits per heavy atom. The number of hydrogen-bond donors (Lipinski definition) is 1. The van der Waals surface area contributed by atoms with Gasteiger partial charge in [-0.3, -0.25) is 19.1 Å². The number of ether oxygens (including phenoxy) is 1. The van der Waals surface area contributed by atoms with Crippen molar-refractivity contribution in [1.82, 2.24) is 19.4 Å². The molecule has 1 aliphatic rings. The van der Waals surface area contributed by atoms with Crippen LogP contribution in [0.25, 0.3) is 16.6 Å². The van der Waals surface area contributed by atoms with Crippen molar-refractivity contribution < 1.29 is 32.2 Å². The number of alkyl halides is 3. The fraction of sp³-hybridized carbons (Fsp3) is 0.382. The van der Waals surface area contributed by atoms with Crippen molar-refractivity contribution in [3.8, 4) is 11.4 Å². The monoisotopic (exact) mass is 640 g/mol. The van der Waals surface area contributed by atoms with Crippen molar-refractivity contribution in [1.29, 1.82) is 0 Å². The van der Waals surface area contributed by atoms with Gasteiger partial charge in [-0.1, -0.05) is 18.2 Å². The summed E-state index contributed by atoms with van der Waals surface area (Å²) in [6.07, 6.45) is -3.67. The van der Waals surface area contributed by atoms with E-state index < -0.39 is 35.9 Å². The SMILES string of the molecule is CCOc1ccc(-n2c([C@@H](C)N(CCN3CCCC3CO)C(=O)Cc3ccc(F)c(C(F)(F)F)c3)nc3ccccc3c2=O)cc1. The molecule has 2 atom stereocenters. The lowest BCUT2D eigenvalue weighted by Gasteiger charge is -2.33. The highest BCUT2D eigenvalue weighted by atomic mass is 19.4. The maximum absolute atomic E-state index is 14.0. The molecule has 1 amide bonds. The third kappa shape index (κ3) is 7.07. The summed E-state index contributed by atoms with van der Waals surface area (Å²) < 4.78 is 61.4. The number of carbonyl (C=O) groups excluding carboxylic acids is 1. The van der Waals surface area contributed by atoms with Gasteiger partial charge in [0.2, 0.25) is 5.91 Å². The van der Waals surface area contributed by atoms with Crippen molar-refractivity contribution in [2.75, 3.05) is 32.8 Å². The number of benzene rings is 3. The molecule has 1 aromatic heterocycles. The van der Waals surface area contributed by atoms with Gasteiger partial charge in [0, 0.05) is 19.1 Å². The van der Waals surface area contributed by atoms with Gasteiger partial charge in [0.25, 0.3) is 5.56 Å². The molecular weight excluding hydrogens is 604 g/mol. The Labute approximate surface area is 263 Å². The van der Waals surface area contributed by atoms with E-state index in [0.717, 1.165) is 25.5 Å². The van der Waals surface area contributed by atoms with E-state index in [1.807, 2.05) is 6.92 Å². The van der Waals surface area contributed by atoms with Crippen molar-refractivity contribution in [2.45, 2.75) is 51.4 Å². The van der Waals surface area contributed by atoms with Crippen LogP contribution in [0.2, 0.25) is 0 Å². The predicted octanol–water partition coefficient (Wildman–Crippen LogP) is 5.53. The molecule has 0 bridgehead atoms. The average Bonchev–Trinajstić information content (AvgIpc) is 3.50. The minimum absolute atomic E-state index is 0.000654. The van der Waals surface area contributed by atoms with Crippen LogP contribution in [0.1, 0.15) is 49.7 Å². The number of amides is 1. The predicted molar refractivity (Wildman–Crippen MR) is 165 cm³/mol. The van der Waals surface area contributed by atoms with Gasteiger partial charge in [0.1, 0.15) is 17.4 Å². The zero-order chi connectivity index (χ0) is 33.0. The minimum atomic E-state index is -4.92. The van der Waals surface area contributed by atoms with Gasteiger partial charge >= 0.3 is 6.18 Å². The molecule has 0 spiro atoms. The molecule has 1 fully saturated rings. The van der Waals surface area contributed by atoms with Crippen LogP contribution < -0.4 is 10.3 Å². The largest absolute Gasteiger partial charge is 0.494 e. The molecule has 8 nitrogen and oxygen atoms in total. The molecule has 1 aliphatic heterocycles. The van der Waals surface area contributed by atoms with Gasteiger partial charge < -0.3 is 14.7 Å². The number of carbonyl (C=O) groups is 1. The number of rotatable bonds is 11. The normalized spacial score (nSPS) is 16.1. The van der Waals surface area contributed by atoms with Crippen LogP contribution in [0, 0.1) is 5.82 Å². The van der Waals surface area contributed by atoms with E-state index in [0.29, 0.717) is 47.6 Å². The molecule has 3 aromatic carbocycles. The maximum atomic E-state index is 14.0. The Bertz CT molecular complexity index is 1740. The highest BCUT2D eigenvalue weighted by Gasteiger charge is 2.35. The Balaban J connectivity index is 1.57. The molecule has 1 unspecified atom stereocenters. The summed E-state index contributed by atoms with van der Waals surface area (Å²) in [4.78, 5) is 36.4. The summed E-state index contributed by atoms with van der Waals surface area (Å²) in [5, 5.41) is 10.2. The van der Waals surface area contributed by atoms with E-state index in [2.05, 4.69) is 4.90 Å². The summed E-state index contributed by atoms with van der Waals surface area (Å²) in [6, 6.07) is 15.4. The molecule has 1 N–H and O–H groups in total. The number of aromatic nitrogens is 2. The zero-order valence-corrected chi connectivity index (χ0v) is 25.6. The molecule has 244 valence electrons. The van der Waals surface area contributed by atoms with Crippen molar-refractivity contribution in [3.63, 3.8) is 0 Å². The molecule has 0 radical (unpaired) electrons. The Kier molecular flexibility index (Phi) is 10.1. The summed E-state index contributed by atoms with van der Waals surface area (Å²) in [5.74, 6) is -1.07. The van der Waals surface area contributed by atoms with Gasteiger partial charge in [-0.05, 0) is 87.3 Å². The van der Waals surface area contributed by atoms with Gasteiger partial charge in [-0.15, -0.1) is 0 Å². The first-order valence-corrected chi connectivity index (χ1v) is 15.3. The minimum Gasteiger partial charge on any atom is -0.494 e. The van der Waals surface area contributed by atoms with Gasteiger partial charge in [-0.2, -0.15) is 13.2 Å². The van der Waals surface area contributed by atoms with E-state index in [1.165, 1.54) is 9.47 Å². The van der Waals surface area contributed by atoms with Gasteiger partial charge in [0.15, 0.2) is 0 Å². The lowest BCUT2D eigenvalue weighted by molar-refractivity contribution is -0.140. The second-order valence-electron chi connectivity index (χ2n) is 11.3. The summed E-state index contributed by atoms with van der Waals surface area (Å²) in [5.41, 5.74) is -0.870. The topological polar surface area (TPSA) is 87.9 Å². The van der Waals surface area contributed by atoms with Crippen LogP contribution >= 0.6 is 0 Å². The molecule has 46 heavy (non-hydrogen) atoms. The second-order valence-corrected chi connectivity index (χ2v) is 11.3. The molecule has 1 saturated heterocycles. The van der Waals surface area contributed by atoms with Crippen LogP contribution in [0.4, 0.5) is 17.6 Å². The van der Waals surface area contributed by atoms with Crippen LogP contribution in [0.15, 0.2) is 71.5 Å². The maximum Gasteiger partial charge on any atom is 0.419 e. The number of nitrogens with zero attached hydrogens (tertiary/aromatic N) is 4. The van der Waals surface area contributed by atoms with E-state index in [-0.39, 0.29) is 36.1 Å². The number of aliphatic hydroxyl groups excluding tert-OH is 1. The number of fused-ring (bicyclic) bond motifs is 1. The lowest BCUT2D eigenvalue weighted by Crippen LogP contribution is -2.44. The number of halogens is 4. The fourth-order valence-electron chi connectivity index (χ4n) is 6.02. The molecule has 4 aromatic rings. The molecule has 0 saturated carbocycles. The van der Waals surface area contributed by atoms with Crippen molar-refractivity contribution in [3.05, 3.63) is 99.9 Å². The quantitative estimate of drug-likeness (QED) is 0.217. The van der Waals surface area contributed by atoms with Crippen LogP contribution in [-0.4, -0.2) is 69.3 Å². The summed E-state index contributed by atoms with van der Waals surface area (Å²) in [7, 11) is 0. The third-order valence-corrected chi connectivity index (χ3v) is 8.40. The smallest absolute Gasteiger partial charge is 0.419 e. The van der Waals surface area contributed by atoms with E-state index in [4.69, 9.17) is 9.72 Å². The summed E-state index contributed by atoms with van der Waals surface area (Å²) >= 11 is 0. The Morgan fingerprint density at radius 2 is 1.87 bits per heavy atom. The van der Waals surface area contributed by atoms with Crippen LogP contribution in [-0.2, 0) is 17.4 Å². The zero-order valence-electron chi connectivity index (χ0n) is 25.6. The Hall–Kier alpha value is -4.29. The highest BCUT2D eigenvalue weighted by molar-refractivity contribution is 5.80. The van der Waals surface area contributed by atoms with E-state index in [1.54, 1.807) is 55.5 Å². The first kappa shape index (κ1) is 33.1. The second kappa shape index (κ2) is 14.0. The molecule has 12 heteroatoms. The number of aliphatic hydroxyl groups is 1. The molecule has 5 rings (SSSR count). The van der Waals surface area contributed by atoms with Gasteiger partial charge in [0.05, 0.1) is 47.8 Å². The van der Waals surface area contributed by atoms with Crippen LogP contribution in [0.5, 0.6) is 5.75 Å². The first-order chi connectivity index (χ1) is 22.0. The van der Waals surface area contributed by atoms with E-state index in [9.17, 15) is 32.3 Å². The molecule has 2 heterocycles. The average molecular weight is 641 g/mol. The van der Waals surface area contributed by atoms with E-state index >= 15 is 0 Å². The highest BCUT2D eigenvalue weighted by Crippen LogP contribution is 2.32. The molecule has 0 aliphatic carbocycles. The summed E-state index contributed by atoms with van der Waals surface area (Å²) in [6.45, 7) is 5.26. The number of likely N-dealkylation sites (tertiary alicyclic amines) is 1. The number of hydrogen-bond acceptors (Lipinski definition) is 6. The van der Waals surface area contributed by atoms with Crippen molar-refractivity contribution in [2.24, 2.45) is 0 Å².